The van der Waals surface area contributed by atoms with Crippen molar-refractivity contribution in [1.29, 1.82) is 0 Å². The zero-order valence-corrected chi connectivity index (χ0v) is 10.6. The number of hydrogen-bond acceptors (Lipinski definition) is 4. The second kappa shape index (κ2) is 4.93. The number of sulfonamides is 1. The number of benzene rings is 1. The molecule has 5 nitrogen and oxygen atoms in total. The van der Waals surface area contributed by atoms with Crippen LogP contribution in [-0.2, 0) is 10.0 Å². The van der Waals surface area contributed by atoms with Crippen LogP contribution in [0.25, 0.3) is 0 Å². The van der Waals surface area contributed by atoms with E-state index in [4.69, 9.17) is 21.5 Å². The zero-order valence-electron chi connectivity index (χ0n) is 9.08. The van der Waals surface area contributed by atoms with E-state index in [1.807, 2.05) is 0 Å². The molecule has 0 aliphatic carbocycles. The van der Waals surface area contributed by atoms with Gasteiger partial charge >= 0.3 is 0 Å². The molecule has 7 heteroatoms. The van der Waals surface area contributed by atoms with Crippen LogP contribution in [0.15, 0.2) is 47.5 Å². The number of aromatic nitrogens is 1. The van der Waals surface area contributed by atoms with E-state index in [1.54, 1.807) is 24.3 Å². The van der Waals surface area contributed by atoms with Gasteiger partial charge in [0.2, 0.25) is 15.9 Å². The summed E-state index contributed by atoms with van der Waals surface area (Å²) in [6.45, 7) is 0. The van der Waals surface area contributed by atoms with Gasteiger partial charge in [-0.3, -0.25) is 0 Å². The first kappa shape index (κ1) is 12.8. The molecule has 1 aromatic carbocycles. The highest BCUT2D eigenvalue weighted by Gasteiger charge is 2.17. The average molecular weight is 285 g/mol. The largest absolute Gasteiger partial charge is 0.436 e. The summed E-state index contributed by atoms with van der Waals surface area (Å²) in [5.41, 5.74) is 0. The van der Waals surface area contributed by atoms with Gasteiger partial charge in [0, 0.05) is 6.20 Å². The quantitative estimate of drug-likeness (QED) is 0.936. The van der Waals surface area contributed by atoms with Gasteiger partial charge in [-0.05, 0) is 24.3 Å². The summed E-state index contributed by atoms with van der Waals surface area (Å²) in [7, 11) is -3.90. The predicted molar refractivity (Wildman–Crippen MR) is 67.1 cm³/mol. The van der Waals surface area contributed by atoms with E-state index >= 15 is 0 Å². The molecule has 0 saturated heterocycles. The Labute approximate surface area is 109 Å². The van der Waals surface area contributed by atoms with Crippen molar-refractivity contribution in [2.75, 3.05) is 0 Å². The van der Waals surface area contributed by atoms with Gasteiger partial charge in [-0.15, -0.1) is 0 Å². The molecule has 0 atom stereocenters. The first-order chi connectivity index (χ1) is 8.48. The van der Waals surface area contributed by atoms with Crippen LogP contribution < -0.4 is 9.88 Å². The highest BCUT2D eigenvalue weighted by atomic mass is 35.5. The lowest BCUT2D eigenvalue weighted by Gasteiger charge is -2.09. The predicted octanol–water partition coefficient (Wildman–Crippen LogP) is 2.17. The lowest BCUT2D eigenvalue weighted by molar-refractivity contribution is 0.447. The maximum Gasteiger partial charge on any atom is 0.243 e. The van der Waals surface area contributed by atoms with Gasteiger partial charge in [0.05, 0.1) is 5.02 Å². The Balaban J connectivity index is 2.45. The van der Waals surface area contributed by atoms with E-state index in [1.165, 1.54) is 18.3 Å². The third-order valence-electron chi connectivity index (χ3n) is 2.09. The summed E-state index contributed by atoms with van der Waals surface area (Å²) in [5.74, 6) is 0.205. The molecular weight excluding hydrogens is 276 g/mol. The fourth-order valence-corrected chi connectivity index (χ4v) is 2.08. The second-order valence-electron chi connectivity index (χ2n) is 3.38. The van der Waals surface area contributed by atoms with Crippen molar-refractivity contribution in [3.05, 3.63) is 47.6 Å². The number of para-hydroxylation sites is 1. The molecule has 2 aromatic rings. The van der Waals surface area contributed by atoms with E-state index < -0.39 is 10.0 Å². The van der Waals surface area contributed by atoms with Crippen molar-refractivity contribution in [1.82, 2.24) is 4.98 Å². The van der Waals surface area contributed by atoms with E-state index in [0.29, 0.717) is 10.8 Å². The fourth-order valence-electron chi connectivity index (χ4n) is 1.30. The van der Waals surface area contributed by atoms with Crippen molar-refractivity contribution in [2.45, 2.75) is 4.90 Å². The Morgan fingerprint density at radius 1 is 1.17 bits per heavy atom. The summed E-state index contributed by atoms with van der Waals surface area (Å²) >= 11 is 5.91. The van der Waals surface area contributed by atoms with Crippen LogP contribution in [-0.4, -0.2) is 13.4 Å². The molecule has 0 radical (unpaired) electrons. The van der Waals surface area contributed by atoms with E-state index in [9.17, 15) is 8.42 Å². The number of pyridine rings is 1. The minimum Gasteiger partial charge on any atom is -0.436 e. The summed E-state index contributed by atoms with van der Waals surface area (Å²) in [6, 6.07) is 9.43. The monoisotopic (exact) mass is 284 g/mol. The molecular formula is C11H9ClN2O3S. The van der Waals surface area contributed by atoms with Crippen LogP contribution in [0.5, 0.6) is 11.6 Å². The Morgan fingerprint density at radius 2 is 1.89 bits per heavy atom. The molecule has 0 unspecified atom stereocenters. The molecule has 0 saturated carbocycles. The van der Waals surface area contributed by atoms with Gasteiger partial charge in [0.1, 0.15) is 10.6 Å². The molecule has 1 heterocycles. The van der Waals surface area contributed by atoms with Crippen LogP contribution in [0, 0.1) is 0 Å². The van der Waals surface area contributed by atoms with Crippen LogP contribution >= 0.6 is 11.6 Å². The standard InChI is InChI=1S/C11H9ClN2O3S/c12-8-4-1-2-5-9(8)17-11-10(18(13,15)16)6-3-7-14-11/h1-7H,(H2,13,15,16). The molecule has 0 bridgehead atoms. The molecule has 0 fully saturated rings. The Hall–Kier alpha value is -1.63. The lowest BCUT2D eigenvalue weighted by Crippen LogP contribution is -2.13. The lowest BCUT2D eigenvalue weighted by atomic mass is 10.3. The fraction of sp³-hybridized carbons (Fsp3) is 0. The number of rotatable bonds is 3. The zero-order chi connectivity index (χ0) is 13.2. The number of hydrogen-bond donors (Lipinski definition) is 1. The number of halogens is 1. The smallest absolute Gasteiger partial charge is 0.243 e. The number of ether oxygens (including phenoxy) is 1. The molecule has 0 aliphatic rings. The third-order valence-corrected chi connectivity index (χ3v) is 3.32. The van der Waals surface area contributed by atoms with Gasteiger partial charge in [0.15, 0.2) is 0 Å². The van der Waals surface area contributed by atoms with Gasteiger partial charge < -0.3 is 4.74 Å². The molecule has 2 N–H and O–H groups in total. The normalized spacial score (nSPS) is 11.2. The van der Waals surface area contributed by atoms with E-state index in [0.717, 1.165) is 0 Å². The SMILES string of the molecule is NS(=O)(=O)c1cccnc1Oc1ccccc1Cl. The summed E-state index contributed by atoms with van der Waals surface area (Å²) in [6.07, 6.45) is 1.40. The summed E-state index contributed by atoms with van der Waals surface area (Å²) in [5, 5.41) is 5.42. The molecule has 0 amide bonds. The Bertz CT molecular complexity index is 673. The highest BCUT2D eigenvalue weighted by Crippen LogP contribution is 2.30. The van der Waals surface area contributed by atoms with Crippen molar-refractivity contribution >= 4 is 21.6 Å². The van der Waals surface area contributed by atoms with Crippen LogP contribution in [0.3, 0.4) is 0 Å². The molecule has 94 valence electrons. The molecule has 1 aromatic heterocycles. The maximum absolute atomic E-state index is 11.4. The number of nitrogens with zero attached hydrogens (tertiary/aromatic N) is 1. The van der Waals surface area contributed by atoms with Gasteiger partial charge in [-0.1, -0.05) is 23.7 Å². The minimum atomic E-state index is -3.90. The van der Waals surface area contributed by atoms with Gasteiger partial charge in [0.25, 0.3) is 0 Å². The van der Waals surface area contributed by atoms with Crippen LogP contribution in [0.2, 0.25) is 5.02 Å². The third kappa shape index (κ3) is 2.79. The van der Waals surface area contributed by atoms with Crippen molar-refractivity contribution in [3.8, 4) is 11.6 Å². The first-order valence-corrected chi connectivity index (χ1v) is 6.81. The van der Waals surface area contributed by atoms with E-state index in [-0.39, 0.29) is 10.8 Å². The molecule has 0 spiro atoms. The van der Waals surface area contributed by atoms with Gasteiger partial charge in [-0.2, -0.15) is 0 Å². The van der Waals surface area contributed by atoms with Gasteiger partial charge in [-0.25, -0.2) is 18.5 Å². The molecule has 2 rings (SSSR count). The Kier molecular flexibility index (Phi) is 3.51. The van der Waals surface area contributed by atoms with E-state index in [2.05, 4.69) is 4.98 Å². The number of nitrogens with two attached hydrogens (primary N) is 1. The average Bonchev–Trinajstić information content (AvgIpc) is 2.31. The minimum absolute atomic E-state index is 0.104. The molecule has 18 heavy (non-hydrogen) atoms. The van der Waals surface area contributed by atoms with Crippen LogP contribution in [0.4, 0.5) is 0 Å². The summed E-state index contributed by atoms with van der Waals surface area (Å²) < 4.78 is 28.1. The number of primary sulfonamides is 1. The molecule has 0 aliphatic heterocycles. The maximum atomic E-state index is 11.4. The highest BCUT2D eigenvalue weighted by molar-refractivity contribution is 7.89. The summed E-state index contributed by atoms with van der Waals surface area (Å²) in [4.78, 5) is 3.65. The topological polar surface area (TPSA) is 82.3 Å². The van der Waals surface area contributed by atoms with Crippen LogP contribution in [0.1, 0.15) is 0 Å². The van der Waals surface area contributed by atoms with Crippen molar-refractivity contribution < 1.29 is 13.2 Å². The van der Waals surface area contributed by atoms with Crippen molar-refractivity contribution in [3.63, 3.8) is 0 Å². The first-order valence-electron chi connectivity index (χ1n) is 4.88. The second-order valence-corrected chi connectivity index (χ2v) is 5.32. The Morgan fingerprint density at radius 3 is 2.56 bits per heavy atom. The van der Waals surface area contributed by atoms with Crippen molar-refractivity contribution in [2.24, 2.45) is 5.14 Å².